The van der Waals surface area contributed by atoms with Crippen LogP contribution in [0, 0.1) is 6.57 Å². The molecule has 0 aliphatic heterocycles. The average Bonchev–Trinajstić information content (AvgIpc) is 2.55. The number of hydrogen-bond donors (Lipinski definition) is 1. The fourth-order valence-electron chi connectivity index (χ4n) is 1.71. The van der Waals surface area contributed by atoms with E-state index < -0.39 is 20.5 Å². The van der Waals surface area contributed by atoms with Crippen LogP contribution in [0.25, 0.3) is 15.3 Å². The summed E-state index contributed by atoms with van der Waals surface area (Å²) in [7, 11) is -2.00. The van der Waals surface area contributed by atoms with Crippen LogP contribution in [0.4, 0.5) is 5.69 Å². The van der Waals surface area contributed by atoms with Gasteiger partial charge in [0.15, 0.2) is 14.0 Å². The first-order chi connectivity index (χ1) is 11.6. The predicted octanol–water partition coefficient (Wildman–Crippen LogP) is 4.68. The van der Waals surface area contributed by atoms with Crippen molar-refractivity contribution >= 4 is 14.0 Å². The molecule has 0 heterocycles. The Labute approximate surface area is 150 Å². The maximum atomic E-state index is 10.3. The van der Waals surface area contributed by atoms with Crippen LogP contribution in [0.5, 0.6) is 5.75 Å². The molecule has 0 fully saturated rings. The molecule has 2 atom stereocenters. The fourth-order valence-corrected chi connectivity index (χ4v) is 2.73. The Morgan fingerprint density at radius 2 is 1.84 bits per heavy atom. The van der Waals surface area contributed by atoms with E-state index in [1.807, 2.05) is 0 Å². The van der Waals surface area contributed by atoms with Crippen molar-refractivity contribution in [3.05, 3.63) is 46.1 Å². The number of ether oxygens (including phenoxy) is 1. The summed E-state index contributed by atoms with van der Waals surface area (Å²) >= 11 is 0. The minimum atomic E-state index is -2.00. The summed E-state index contributed by atoms with van der Waals surface area (Å²) in [6.45, 7) is 17.6. The molecule has 7 nitrogen and oxygen atoms in total. The fraction of sp³-hybridized carbons (Fsp3) is 0.588. The van der Waals surface area contributed by atoms with Crippen LogP contribution in [0.15, 0.2) is 29.4 Å². The summed E-state index contributed by atoms with van der Waals surface area (Å²) in [5, 5.41) is 14.0. The summed E-state index contributed by atoms with van der Waals surface area (Å²) in [5.74, 6) is 0.538. The molecule has 0 amide bonds. The smallest absolute Gasteiger partial charge is 0.191 e. The Hall–Kier alpha value is -2.04. The summed E-state index contributed by atoms with van der Waals surface area (Å²) in [6.07, 6.45) is -0.985. The van der Waals surface area contributed by atoms with Gasteiger partial charge in [0.05, 0.1) is 18.7 Å². The third-order valence-corrected chi connectivity index (χ3v) is 8.95. The highest BCUT2D eigenvalue weighted by Crippen LogP contribution is 2.36. The number of nitrogens with zero attached hydrogens (tertiary/aromatic N) is 4. The molecule has 136 valence electrons. The number of hydrogen-bond acceptors (Lipinski definition) is 4. The number of rotatable bonds is 8. The second-order valence-corrected chi connectivity index (χ2v) is 12.1. The Kier molecular flexibility index (Phi) is 7.46. The Bertz CT molecular complexity index is 643. The van der Waals surface area contributed by atoms with Gasteiger partial charge < -0.3 is 14.3 Å². The monoisotopic (exact) mass is 362 g/mol. The van der Waals surface area contributed by atoms with Gasteiger partial charge in [-0.2, -0.15) is 0 Å². The minimum absolute atomic E-state index is 0.0259. The van der Waals surface area contributed by atoms with E-state index in [1.165, 1.54) is 0 Å². The second-order valence-electron chi connectivity index (χ2n) is 7.33. The number of benzene rings is 1. The molecule has 8 heteroatoms. The molecule has 0 spiro atoms. The van der Waals surface area contributed by atoms with Gasteiger partial charge in [0.25, 0.3) is 0 Å². The molecule has 0 bridgehead atoms. The first-order valence-electron chi connectivity index (χ1n) is 8.07. The molecule has 0 unspecified atom stereocenters. The van der Waals surface area contributed by atoms with E-state index in [-0.39, 0.29) is 18.3 Å². The van der Waals surface area contributed by atoms with Gasteiger partial charge in [-0.3, -0.25) is 0 Å². The molecule has 0 aliphatic rings. The Morgan fingerprint density at radius 3 is 2.32 bits per heavy atom. The third kappa shape index (κ3) is 6.40. The molecule has 1 aromatic rings. The van der Waals surface area contributed by atoms with Crippen molar-refractivity contribution in [1.82, 2.24) is 0 Å². The van der Waals surface area contributed by atoms with Gasteiger partial charge >= 0.3 is 0 Å². The zero-order chi connectivity index (χ0) is 19.1. The van der Waals surface area contributed by atoms with Gasteiger partial charge in [0, 0.05) is 11.5 Å². The van der Waals surface area contributed by atoms with E-state index in [4.69, 9.17) is 21.3 Å². The van der Waals surface area contributed by atoms with Crippen molar-refractivity contribution in [3.63, 3.8) is 0 Å². The standard InChI is InChI=1S/C17H26N4O3Si/c1-17(2,3)25(5,6)24-11-15(20-21-18)16(22)12-23-14-9-7-13(19-4)8-10-14/h7-10,15-16,22H,11-12H2,1-3,5-6H3/t15-,16+/m0/s1. The van der Waals surface area contributed by atoms with Gasteiger partial charge in [-0.15, -0.1) is 0 Å². The highest BCUT2D eigenvalue weighted by Gasteiger charge is 2.38. The molecule has 0 aromatic heterocycles. The predicted molar refractivity (Wildman–Crippen MR) is 100 cm³/mol. The van der Waals surface area contributed by atoms with Crippen molar-refractivity contribution in [3.8, 4) is 5.75 Å². The van der Waals surface area contributed by atoms with E-state index in [0.717, 1.165) is 0 Å². The van der Waals surface area contributed by atoms with Gasteiger partial charge in [-0.05, 0) is 35.8 Å². The highest BCUT2D eigenvalue weighted by atomic mass is 28.4. The molecule has 1 N–H and O–H groups in total. The number of aliphatic hydroxyl groups excluding tert-OH is 1. The highest BCUT2D eigenvalue weighted by molar-refractivity contribution is 6.74. The number of aliphatic hydroxyl groups is 1. The molecule has 1 rings (SSSR count). The maximum absolute atomic E-state index is 10.3. The van der Waals surface area contributed by atoms with Crippen molar-refractivity contribution < 1.29 is 14.3 Å². The van der Waals surface area contributed by atoms with Gasteiger partial charge in [0.2, 0.25) is 0 Å². The lowest BCUT2D eigenvalue weighted by Gasteiger charge is -2.37. The van der Waals surface area contributed by atoms with Crippen molar-refractivity contribution in [1.29, 1.82) is 0 Å². The summed E-state index contributed by atoms with van der Waals surface area (Å²) < 4.78 is 11.6. The van der Waals surface area contributed by atoms with E-state index in [9.17, 15) is 5.11 Å². The first-order valence-corrected chi connectivity index (χ1v) is 11.0. The normalized spacial score (nSPS) is 14.1. The van der Waals surface area contributed by atoms with Crippen LogP contribution in [0.2, 0.25) is 18.1 Å². The van der Waals surface area contributed by atoms with Crippen molar-refractivity contribution in [2.75, 3.05) is 13.2 Å². The van der Waals surface area contributed by atoms with Crippen molar-refractivity contribution in [2.45, 2.75) is 51.0 Å². The van der Waals surface area contributed by atoms with Gasteiger partial charge in [0.1, 0.15) is 12.4 Å². The molecular weight excluding hydrogens is 336 g/mol. The first kappa shape index (κ1) is 21.0. The summed E-state index contributed by atoms with van der Waals surface area (Å²) in [5.41, 5.74) is 9.27. The summed E-state index contributed by atoms with van der Waals surface area (Å²) in [6, 6.07) is 5.88. The zero-order valence-corrected chi connectivity index (χ0v) is 16.4. The largest absolute Gasteiger partial charge is 0.491 e. The van der Waals surface area contributed by atoms with Crippen LogP contribution < -0.4 is 4.74 Å². The molecular formula is C17H26N4O3Si. The van der Waals surface area contributed by atoms with Gasteiger partial charge in [-0.1, -0.05) is 38.0 Å². The lowest BCUT2D eigenvalue weighted by atomic mass is 10.2. The van der Waals surface area contributed by atoms with Crippen LogP contribution in [0.1, 0.15) is 20.8 Å². The van der Waals surface area contributed by atoms with E-state index in [0.29, 0.717) is 11.4 Å². The SMILES string of the molecule is [C-]#[N+]c1ccc(OC[C@@H](O)[C@H](CO[Si](C)(C)C(C)(C)C)N=[N+]=[N-])cc1. The molecule has 0 aliphatic carbocycles. The van der Waals surface area contributed by atoms with E-state index in [1.54, 1.807) is 24.3 Å². The Balaban J connectivity index is 2.65. The molecule has 25 heavy (non-hydrogen) atoms. The van der Waals surface area contributed by atoms with Crippen LogP contribution in [-0.2, 0) is 4.43 Å². The molecule has 0 radical (unpaired) electrons. The van der Waals surface area contributed by atoms with Crippen LogP contribution in [-0.4, -0.2) is 38.8 Å². The average molecular weight is 363 g/mol. The molecule has 1 aromatic carbocycles. The molecule has 0 saturated heterocycles. The minimum Gasteiger partial charge on any atom is -0.491 e. The Morgan fingerprint density at radius 1 is 1.24 bits per heavy atom. The van der Waals surface area contributed by atoms with E-state index in [2.05, 4.69) is 48.7 Å². The van der Waals surface area contributed by atoms with Gasteiger partial charge in [-0.25, -0.2) is 4.85 Å². The quantitative estimate of drug-likeness (QED) is 0.239. The second kappa shape index (κ2) is 8.88. The van der Waals surface area contributed by atoms with Crippen molar-refractivity contribution in [2.24, 2.45) is 5.11 Å². The van der Waals surface area contributed by atoms with Crippen LogP contribution >= 0.6 is 0 Å². The third-order valence-electron chi connectivity index (χ3n) is 4.45. The number of azide groups is 1. The maximum Gasteiger partial charge on any atom is 0.191 e. The lowest BCUT2D eigenvalue weighted by Crippen LogP contribution is -2.44. The lowest BCUT2D eigenvalue weighted by molar-refractivity contribution is 0.0660. The zero-order valence-electron chi connectivity index (χ0n) is 15.4. The summed E-state index contributed by atoms with van der Waals surface area (Å²) in [4.78, 5) is 6.11. The van der Waals surface area contributed by atoms with Crippen LogP contribution in [0.3, 0.4) is 0 Å². The topological polar surface area (TPSA) is 91.8 Å². The van der Waals surface area contributed by atoms with E-state index >= 15 is 0 Å². The molecule has 0 saturated carbocycles.